The lowest BCUT2D eigenvalue weighted by molar-refractivity contribution is 0.0835. The van der Waals surface area contributed by atoms with E-state index in [2.05, 4.69) is 18.7 Å². The lowest BCUT2D eigenvalue weighted by Crippen LogP contribution is -2.28. The zero-order chi connectivity index (χ0) is 11.4. The third-order valence-corrected chi connectivity index (χ3v) is 3.26. The van der Waals surface area contributed by atoms with Crippen molar-refractivity contribution in [2.24, 2.45) is 5.41 Å². The topological polar surface area (TPSA) is 29.5 Å². The Morgan fingerprint density at radius 3 is 2.75 bits per heavy atom. The third kappa shape index (κ3) is 2.34. The van der Waals surface area contributed by atoms with Crippen LogP contribution in [0.2, 0.25) is 0 Å². The number of rotatable bonds is 4. The van der Waals surface area contributed by atoms with Crippen molar-refractivity contribution in [2.45, 2.75) is 18.9 Å². The molecule has 1 heterocycles. The molecular weight excluding hydrogens is 200 g/mol. The van der Waals surface area contributed by atoms with E-state index < -0.39 is 0 Å². The molecule has 0 spiro atoms. The van der Waals surface area contributed by atoms with Crippen molar-refractivity contribution in [3.8, 4) is 0 Å². The van der Waals surface area contributed by atoms with Gasteiger partial charge in [-0.3, -0.25) is 0 Å². The van der Waals surface area contributed by atoms with E-state index in [1.165, 1.54) is 5.56 Å². The lowest BCUT2D eigenvalue weighted by Gasteiger charge is -2.24. The molecule has 2 atom stereocenters. The molecule has 0 unspecified atom stereocenters. The molecule has 1 aromatic carbocycles. The van der Waals surface area contributed by atoms with Crippen molar-refractivity contribution in [2.75, 3.05) is 13.2 Å². The maximum Gasteiger partial charge on any atom is 0.0760 e. The van der Waals surface area contributed by atoms with Gasteiger partial charge in [-0.2, -0.15) is 0 Å². The van der Waals surface area contributed by atoms with Gasteiger partial charge in [0.25, 0.3) is 0 Å². The molecule has 1 saturated heterocycles. The average molecular weight is 218 g/mol. The Morgan fingerprint density at radius 1 is 1.44 bits per heavy atom. The predicted octanol–water partition coefficient (Wildman–Crippen LogP) is 2.18. The van der Waals surface area contributed by atoms with Crippen molar-refractivity contribution in [3.63, 3.8) is 0 Å². The van der Waals surface area contributed by atoms with E-state index in [1.54, 1.807) is 0 Å². The van der Waals surface area contributed by atoms with Crippen LogP contribution in [0.3, 0.4) is 0 Å². The highest BCUT2D eigenvalue weighted by molar-refractivity contribution is 5.17. The summed E-state index contributed by atoms with van der Waals surface area (Å²) in [6.07, 6.45) is 3.65. The molecule has 1 aliphatic heterocycles. The van der Waals surface area contributed by atoms with Crippen LogP contribution in [0, 0.1) is 5.41 Å². The first kappa shape index (κ1) is 11.4. The summed E-state index contributed by atoms with van der Waals surface area (Å²) in [4.78, 5) is 0. The van der Waals surface area contributed by atoms with Gasteiger partial charge in [-0.15, -0.1) is 6.58 Å². The zero-order valence-corrected chi connectivity index (χ0v) is 9.43. The quantitative estimate of drug-likeness (QED) is 0.785. The maximum absolute atomic E-state index is 9.58. The van der Waals surface area contributed by atoms with Gasteiger partial charge in [-0.25, -0.2) is 0 Å². The Morgan fingerprint density at radius 2 is 2.19 bits per heavy atom. The molecular formula is C14H18O2. The average Bonchev–Trinajstić information content (AvgIpc) is 2.75. The van der Waals surface area contributed by atoms with Gasteiger partial charge in [0.2, 0.25) is 0 Å². The van der Waals surface area contributed by atoms with Gasteiger partial charge in [0, 0.05) is 5.41 Å². The molecule has 2 rings (SSSR count). The second-order valence-corrected chi connectivity index (χ2v) is 4.61. The first-order valence-electron chi connectivity index (χ1n) is 5.67. The Kier molecular flexibility index (Phi) is 3.42. The van der Waals surface area contributed by atoms with Crippen molar-refractivity contribution >= 4 is 0 Å². The first-order chi connectivity index (χ1) is 7.78. The van der Waals surface area contributed by atoms with Gasteiger partial charge < -0.3 is 9.84 Å². The van der Waals surface area contributed by atoms with Crippen LogP contribution in [-0.2, 0) is 11.2 Å². The van der Waals surface area contributed by atoms with Gasteiger partial charge in [-0.05, 0) is 18.4 Å². The molecule has 1 N–H and O–H groups in total. The Balaban J connectivity index is 2.09. The molecule has 2 heteroatoms. The summed E-state index contributed by atoms with van der Waals surface area (Å²) in [6, 6.07) is 10.3. The second-order valence-electron chi connectivity index (χ2n) is 4.61. The molecule has 1 fully saturated rings. The van der Waals surface area contributed by atoms with E-state index in [4.69, 9.17) is 4.74 Å². The van der Waals surface area contributed by atoms with Crippen molar-refractivity contribution in [1.29, 1.82) is 0 Å². The van der Waals surface area contributed by atoms with Crippen LogP contribution in [0.15, 0.2) is 43.0 Å². The molecule has 86 valence electrons. The summed E-state index contributed by atoms with van der Waals surface area (Å²) in [6.45, 7) is 4.54. The summed E-state index contributed by atoms with van der Waals surface area (Å²) < 4.78 is 5.60. The van der Waals surface area contributed by atoms with Gasteiger partial charge >= 0.3 is 0 Å². The fourth-order valence-corrected chi connectivity index (χ4v) is 2.30. The monoisotopic (exact) mass is 218 g/mol. The molecule has 0 aliphatic carbocycles. The van der Waals surface area contributed by atoms with Crippen LogP contribution in [-0.4, -0.2) is 24.4 Å². The molecule has 0 saturated carbocycles. The molecule has 0 amide bonds. The van der Waals surface area contributed by atoms with Crippen LogP contribution in [0.5, 0.6) is 0 Å². The zero-order valence-electron chi connectivity index (χ0n) is 9.43. The Hall–Kier alpha value is -1.12. The van der Waals surface area contributed by atoms with Gasteiger partial charge in [-0.1, -0.05) is 36.4 Å². The molecule has 0 radical (unpaired) electrons. The van der Waals surface area contributed by atoms with Crippen molar-refractivity contribution in [3.05, 3.63) is 48.6 Å². The van der Waals surface area contributed by atoms with E-state index in [0.717, 1.165) is 12.8 Å². The number of aliphatic hydroxyl groups excluding tert-OH is 1. The highest BCUT2D eigenvalue weighted by atomic mass is 16.5. The van der Waals surface area contributed by atoms with Crippen LogP contribution in [0.25, 0.3) is 0 Å². The molecule has 1 aliphatic rings. The molecule has 0 aromatic heterocycles. The minimum absolute atomic E-state index is 0.0934. The normalized spacial score (nSPS) is 29.2. The maximum atomic E-state index is 9.58. The minimum atomic E-state index is -0.125. The Labute approximate surface area is 96.6 Å². The van der Waals surface area contributed by atoms with E-state index >= 15 is 0 Å². The number of aliphatic hydroxyl groups is 1. The lowest BCUT2D eigenvalue weighted by atomic mass is 9.80. The van der Waals surface area contributed by atoms with Gasteiger partial charge in [0.1, 0.15) is 0 Å². The highest BCUT2D eigenvalue weighted by Gasteiger charge is 2.38. The standard InChI is InChI=1S/C14H18O2/c1-2-13-9-14(10-15,11-16-13)8-12-6-4-3-5-7-12/h2-7,13,15H,1,8-11H2/t13-,14+/m1/s1. The van der Waals surface area contributed by atoms with Crippen molar-refractivity contribution < 1.29 is 9.84 Å². The fourth-order valence-electron chi connectivity index (χ4n) is 2.30. The van der Waals surface area contributed by atoms with Crippen LogP contribution >= 0.6 is 0 Å². The number of ether oxygens (including phenoxy) is 1. The first-order valence-corrected chi connectivity index (χ1v) is 5.67. The van der Waals surface area contributed by atoms with Crippen LogP contribution in [0.4, 0.5) is 0 Å². The van der Waals surface area contributed by atoms with E-state index in [-0.39, 0.29) is 18.1 Å². The minimum Gasteiger partial charge on any atom is -0.396 e. The molecule has 0 bridgehead atoms. The number of hydrogen-bond donors (Lipinski definition) is 1. The summed E-state index contributed by atoms with van der Waals surface area (Å²) in [5.74, 6) is 0. The molecule has 2 nitrogen and oxygen atoms in total. The second kappa shape index (κ2) is 4.81. The number of hydrogen-bond acceptors (Lipinski definition) is 2. The summed E-state index contributed by atoms with van der Waals surface area (Å²) >= 11 is 0. The predicted molar refractivity (Wildman–Crippen MR) is 64.2 cm³/mol. The Bertz CT molecular complexity index is 347. The SMILES string of the molecule is C=C[C@@H]1C[C@](CO)(Cc2ccccc2)CO1. The van der Waals surface area contributed by atoms with Gasteiger partial charge in [0.15, 0.2) is 0 Å². The highest BCUT2D eigenvalue weighted by Crippen LogP contribution is 2.36. The summed E-state index contributed by atoms with van der Waals surface area (Å²) in [5.41, 5.74) is 1.13. The largest absolute Gasteiger partial charge is 0.396 e. The van der Waals surface area contributed by atoms with Gasteiger partial charge in [0.05, 0.1) is 19.3 Å². The van der Waals surface area contributed by atoms with Crippen LogP contribution in [0.1, 0.15) is 12.0 Å². The van der Waals surface area contributed by atoms with Crippen molar-refractivity contribution in [1.82, 2.24) is 0 Å². The molecule has 16 heavy (non-hydrogen) atoms. The number of benzene rings is 1. The summed E-state index contributed by atoms with van der Waals surface area (Å²) in [7, 11) is 0. The fraction of sp³-hybridized carbons (Fsp3) is 0.429. The smallest absolute Gasteiger partial charge is 0.0760 e. The van der Waals surface area contributed by atoms with E-state index in [1.807, 2.05) is 24.3 Å². The summed E-state index contributed by atoms with van der Waals surface area (Å²) in [5, 5.41) is 9.58. The third-order valence-electron chi connectivity index (χ3n) is 3.26. The van der Waals surface area contributed by atoms with E-state index in [0.29, 0.717) is 6.61 Å². The van der Waals surface area contributed by atoms with Crippen LogP contribution < -0.4 is 0 Å². The molecule has 1 aromatic rings. The van der Waals surface area contributed by atoms with E-state index in [9.17, 15) is 5.11 Å².